The van der Waals surface area contributed by atoms with Crippen LogP contribution in [0.4, 0.5) is 0 Å². The molecular weight excluding hydrogens is 334 g/mol. The molecule has 0 radical (unpaired) electrons. The van der Waals surface area contributed by atoms with Gasteiger partial charge in [0.05, 0.1) is 6.54 Å². The maximum absolute atomic E-state index is 6.16. The zero-order valence-corrected chi connectivity index (χ0v) is 16.8. The standard InChI is InChI=1S/C19H24ClNS.C2H6/c1-15(21(2)14-18-6-5-13-22-18)19(11-3-4-12-19)16-7-9-17(20)10-8-16;1-2/h5-7,9,13H,1,3-4,8,10-12,14H2,2H3;1-2H3. The summed E-state index contributed by atoms with van der Waals surface area (Å²) in [6, 6.07) is 4.33. The van der Waals surface area contributed by atoms with Crippen molar-refractivity contribution in [2.24, 2.45) is 5.41 Å². The van der Waals surface area contributed by atoms with Crippen molar-refractivity contribution in [2.75, 3.05) is 7.05 Å². The second kappa shape index (κ2) is 8.92. The molecule has 3 rings (SSSR count). The number of halogens is 1. The fourth-order valence-electron chi connectivity index (χ4n) is 3.88. The first-order chi connectivity index (χ1) is 11.6. The van der Waals surface area contributed by atoms with Crippen LogP contribution in [-0.2, 0) is 6.54 Å². The number of hydrogen-bond acceptors (Lipinski definition) is 2. The van der Waals surface area contributed by atoms with Crippen molar-refractivity contribution in [2.45, 2.75) is 58.9 Å². The summed E-state index contributed by atoms with van der Waals surface area (Å²) in [4.78, 5) is 3.76. The highest BCUT2D eigenvalue weighted by Gasteiger charge is 2.41. The van der Waals surface area contributed by atoms with E-state index in [1.165, 1.54) is 41.8 Å². The Bertz CT molecular complexity index is 591. The lowest BCUT2D eigenvalue weighted by molar-refractivity contribution is 0.285. The van der Waals surface area contributed by atoms with Gasteiger partial charge in [0.1, 0.15) is 0 Å². The van der Waals surface area contributed by atoms with E-state index in [1.807, 2.05) is 25.2 Å². The lowest BCUT2D eigenvalue weighted by Gasteiger charge is -2.40. The molecule has 0 spiro atoms. The summed E-state index contributed by atoms with van der Waals surface area (Å²) in [6.07, 6.45) is 11.5. The molecule has 1 nitrogen and oxygen atoms in total. The molecule has 0 aliphatic heterocycles. The molecule has 0 saturated heterocycles. The Kier molecular flexibility index (Phi) is 7.18. The van der Waals surface area contributed by atoms with E-state index >= 15 is 0 Å². The van der Waals surface area contributed by atoms with Crippen LogP contribution in [0, 0.1) is 5.41 Å². The Morgan fingerprint density at radius 1 is 1.25 bits per heavy atom. The van der Waals surface area contributed by atoms with Gasteiger partial charge in [0.25, 0.3) is 0 Å². The Hall–Kier alpha value is -0.990. The van der Waals surface area contributed by atoms with Gasteiger partial charge in [0.15, 0.2) is 0 Å². The van der Waals surface area contributed by atoms with Crippen LogP contribution < -0.4 is 0 Å². The number of rotatable bonds is 5. The average molecular weight is 364 g/mol. The zero-order chi connectivity index (χ0) is 17.6. The van der Waals surface area contributed by atoms with Crippen molar-refractivity contribution in [3.8, 4) is 0 Å². The highest BCUT2D eigenvalue weighted by atomic mass is 35.5. The van der Waals surface area contributed by atoms with E-state index in [2.05, 4.69) is 48.2 Å². The fourth-order valence-corrected chi connectivity index (χ4v) is 4.80. The first-order valence-electron chi connectivity index (χ1n) is 9.10. The van der Waals surface area contributed by atoms with Gasteiger partial charge in [-0.3, -0.25) is 0 Å². The van der Waals surface area contributed by atoms with Crippen molar-refractivity contribution in [3.63, 3.8) is 0 Å². The molecule has 0 aromatic carbocycles. The number of hydrogen-bond donors (Lipinski definition) is 0. The Labute approximate surface area is 156 Å². The highest BCUT2D eigenvalue weighted by molar-refractivity contribution is 7.09. The SMILES string of the molecule is C=C(N(C)Cc1cccs1)C1(C2=CC=C(Cl)CC2)CCCC1.CC. The minimum atomic E-state index is 0.167. The van der Waals surface area contributed by atoms with Crippen LogP contribution >= 0.6 is 22.9 Å². The van der Waals surface area contributed by atoms with Crippen LogP contribution in [0.15, 0.2) is 52.5 Å². The third kappa shape index (κ3) is 4.15. The van der Waals surface area contributed by atoms with Crippen LogP contribution in [0.5, 0.6) is 0 Å². The maximum atomic E-state index is 6.16. The molecule has 0 bridgehead atoms. The largest absolute Gasteiger partial charge is 0.372 e. The number of thiophene rings is 1. The number of allylic oxidation sites excluding steroid dienone is 4. The van der Waals surface area contributed by atoms with Gasteiger partial charge >= 0.3 is 0 Å². The second-order valence-corrected chi connectivity index (χ2v) is 7.99. The smallest absolute Gasteiger partial charge is 0.0516 e. The van der Waals surface area contributed by atoms with Crippen LogP contribution in [-0.4, -0.2) is 11.9 Å². The Morgan fingerprint density at radius 2 is 1.96 bits per heavy atom. The van der Waals surface area contributed by atoms with Crippen molar-refractivity contribution in [3.05, 3.63) is 57.4 Å². The van der Waals surface area contributed by atoms with E-state index in [9.17, 15) is 0 Å². The van der Waals surface area contributed by atoms with Gasteiger partial charge in [-0.1, -0.05) is 62.6 Å². The Balaban J connectivity index is 0.00000100. The Morgan fingerprint density at radius 3 is 2.50 bits per heavy atom. The average Bonchev–Trinajstić information content (AvgIpc) is 3.29. The van der Waals surface area contributed by atoms with Crippen molar-refractivity contribution < 1.29 is 0 Å². The third-order valence-corrected chi connectivity index (χ3v) is 6.33. The molecule has 1 heterocycles. The molecule has 1 aromatic rings. The van der Waals surface area contributed by atoms with E-state index in [1.54, 1.807) is 0 Å². The molecule has 0 atom stereocenters. The van der Waals surface area contributed by atoms with Crippen LogP contribution in [0.3, 0.4) is 0 Å². The van der Waals surface area contributed by atoms with E-state index in [4.69, 9.17) is 11.6 Å². The van der Waals surface area contributed by atoms with Gasteiger partial charge in [-0.25, -0.2) is 0 Å². The normalized spacial score (nSPS) is 19.0. The first kappa shape index (κ1) is 19.3. The predicted molar refractivity (Wildman–Crippen MR) is 108 cm³/mol. The monoisotopic (exact) mass is 363 g/mol. The molecule has 0 N–H and O–H groups in total. The summed E-state index contributed by atoms with van der Waals surface area (Å²) in [5.41, 5.74) is 2.99. The quantitative estimate of drug-likeness (QED) is 0.538. The second-order valence-electron chi connectivity index (χ2n) is 6.48. The predicted octanol–water partition coefficient (Wildman–Crippen LogP) is 7.12. The molecule has 0 unspecified atom stereocenters. The van der Waals surface area contributed by atoms with E-state index < -0.39 is 0 Å². The molecule has 2 aliphatic carbocycles. The van der Waals surface area contributed by atoms with Gasteiger partial charge in [0, 0.05) is 28.1 Å². The lowest BCUT2D eigenvalue weighted by Crippen LogP contribution is -2.32. The molecule has 2 aliphatic rings. The minimum absolute atomic E-state index is 0.167. The molecule has 3 heteroatoms. The van der Waals surface area contributed by atoms with Crippen LogP contribution in [0.25, 0.3) is 0 Å². The van der Waals surface area contributed by atoms with Gasteiger partial charge < -0.3 is 4.90 Å². The van der Waals surface area contributed by atoms with E-state index in [0.717, 1.165) is 24.4 Å². The molecule has 24 heavy (non-hydrogen) atoms. The van der Waals surface area contributed by atoms with Crippen molar-refractivity contribution >= 4 is 22.9 Å². The third-order valence-electron chi connectivity index (χ3n) is 5.16. The molecule has 1 saturated carbocycles. The van der Waals surface area contributed by atoms with Gasteiger partial charge in [0.2, 0.25) is 0 Å². The lowest BCUT2D eigenvalue weighted by atomic mass is 9.72. The summed E-state index contributed by atoms with van der Waals surface area (Å²) < 4.78 is 0. The summed E-state index contributed by atoms with van der Waals surface area (Å²) in [5.74, 6) is 0. The molecule has 1 fully saturated rings. The molecular formula is C21H30ClNS. The summed E-state index contributed by atoms with van der Waals surface area (Å²) >= 11 is 7.98. The van der Waals surface area contributed by atoms with Crippen LogP contribution in [0.2, 0.25) is 0 Å². The van der Waals surface area contributed by atoms with Crippen molar-refractivity contribution in [1.82, 2.24) is 4.90 Å². The number of nitrogens with zero attached hydrogens (tertiary/aromatic N) is 1. The van der Waals surface area contributed by atoms with E-state index in [-0.39, 0.29) is 5.41 Å². The fraction of sp³-hybridized carbons (Fsp3) is 0.524. The van der Waals surface area contributed by atoms with Crippen molar-refractivity contribution in [1.29, 1.82) is 0 Å². The summed E-state index contributed by atoms with van der Waals surface area (Å²) in [7, 11) is 2.19. The minimum Gasteiger partial charge on any atom is -0.372 e. The molecule has 132 valence electrons. The molecule has 1 aromatic heterocycles. The van der Waals surface area contributed by atoms with Gasteiger partial charge in [-0.2, -0.15) is 0 Å². The summed E-state index contributed by atoms with van der Waals surface area (Å²) in [5, 5.41) is 3.13. The topological polar surface area (TPSA) is 3.24 Å². The van der Waals surface area contributed by atoms with Gasteiger partial charge in [-0.05, 0) is 43.2 Å². The maximum Gasteiger partial charge on any atom is 0.0516 e. The van der Waals surface area contributed by atoms with Crippen LogP contribution in [0.1, 0.15) is 57.2 Å². The first-order valence-corrected chi connectivity index (χ1v) is 10.4. The van der Waals surface area contributed by atoms with Gasteiger partial charge in [-0.15, -0.1) is 11.3 Å². The highest BCUT2D eigenvalue weighted by Crippen LogP contribution is 2.52. The molecule has 0 amide bonds. The zero-order valence-electron chi connectivity index (χ0n) is 15.3. The summed E-state index contributed by atoms with van der Waals surface area (Å²) in [6.45, 7) is 9.48. The van der Waals surface area contributed by atoms with E-state index in [0.29, 0.717) is 0 Å².